The van der Waals surface area contributed by atoms with Crippen LogP contribution in [0.1, 0.15) is 24.0 Å². The number of fused-ring (bicyclic) bond motifs is 1. The van der Waals surface area contributed by atoms with Crippen LogP contribution in [0.2, 0.25) is 0 Å². The molecular weight excluding hydrogens is 342 g/mol. The van der Waals surface area contributed by atoms with Crippen LogP contribution in [0, 0.1) is 5.92 Å². The first kappa shape index (κ1) is 17.6. The fraction of sp³-hybridized carbons (Fsp3) is 0.318. The monoisotopic (exact) mass is 365 g/mol. The number of hydrogen-bond donors (Lipinski definition) is 2. The number of rotatable bonds is 4. The zero-order chi connectivity index (χ0) is 18.8. The van der Waals surface area contributed by atoms with Crippen molar-refractivity contribution in [3.05, 3.63) is 70.1 Å². The van der Waals surface area contributed by atoms with Crippen molar-refractivity contribution in [3.8, 4) is 11.5 Å². The van der Waals surface area contributed by atoms with E-state index in [1.807, 2.05) is 6.07 Å². The van der Waals surface area contributed by atoms with Crippen LogP contribution in [0.25, 0.3) is 11.0 Å². The molecule has 0 radical (unpaired) electrons. The summed E-state index contributed by atoms with van der Waals surface area (Å²) in [5.74, 6) is 0.186. The van der Waals surface area contributed by atoms with Gasteiger partial charge in [0.1, 0.15) is 5.58 Å². The Morgan fingerprint density at radius 1 is 1.00 bits per heavy atom. The number of piperidine rings is 1. The SMILES string of the molecule is O=c1cc(CN2CCC(Cc3ccccc3)CC2)c2cc(O)c(O)cc2o1. The van der Waals surface area contributed by atoms with Crippen molar-refractivity contribution >= 4 is 11.0 Å². The maximum Gasteiger partial charge on any atom is 0.336 e. The third-order valence-electron chi connectivity index (χ3n) is 5.39. The van der Waals surface area contributed by atoms with E-state index in [9.17, 15) is 15.0 Å². The molecule has 0 atom stereocenters. The number of phenols is 2. The summed E-state index contributed by atoms with van der Waals surface area (Å²) in [5.41, 5.74) is 2.06. The van der Waals surface area contributed by atoms with E-state index >= 15 is 0 Å². The van der Waals surface area contributed by atoms with Gasteiger partial charge in [-0.2, -0.15) is 0 Å². The summed E-state index contributed by atoms with van der Waals surface area (Å²) in [4.78, 5) is 14.2. The minimum Gasteiger partial charge on any atom is -0.504 e. The molecule has 0 amide bonds. The quantitative estimate of drug-likeness (QED) is 0.545. The summed E-state index contributed by atoms with van der Waals surface area (Å²) >= 11 is 0. The van der Waals surface area contributed by atoms with Crippen LogP contribution in [0.5, 0.6) is 11.5 Å². The predicted octanol–water partition coefficient (Wildman–Crippen LogP) is 3.66. The third kappa shape index (κ3) is 3.98. The van der Waals surface area contributed by atoms with Crippen molar-refractivity contribution in [2.24, 2.45) is 5.92 Å². The Kier molecular flexibility index (Phi) is 4.86. The average molecular weight is 365 g/mol. The van der Waals surface area contributed by atoms with Crippen LogP contribution in [-0.2, 0) is 13.0 Å². The predicted molar refractivity (Wildman–Crippen MR) is 104 cm³/mol. The average Bonchev–Trinajstić information content (AvgIpc) is 2.66. The second-order valence-corrected chi connectivity index (χ2v) is 7.34. The van der Waals surface area contributed by atoms with Gasteiger partial charge in [-0.15, -0.1) is 0 Å². The number of nitrogens with zero attached hydrogens (tertiary/aromatic N) is 1. The van der Waals surface area contributed by atoms with E-state index in [1.54, 1.807) is 0 Å². The first-order chi connectivity index (χ1) is 13.1. The largest absolute Gasteiger partial charge is 0.504 e. The Morgan fingerprint density at radius 2 is 1.70 bits per heavy atom. The molecule has 0 unspecified atom stereocenters. The summed E-state index contributed by atoms with van der Waals surface area (Å²) in [5, 5.41) is 20.1. The molecule has 27 heavy (non-hydrogen) atoms. The Morgan fingerprint density at radius 3 is 2.44 bits per heavy atom. The van der Waals surface area contributed by atoms with Gasteiger partial charge < -0.3 is 14.6 Å². The van der Waals surface area contributed by atoms with Crippen LogP contribution < -0.4 is 5.63 Å². The number of likely N-dealkylation sites (tertiary alicyclic amines) is 1. The standard InChI is InChI=1S/C22H23NO4/c24-19-12-18-17(11-22(26)27-21(18)13-20(19)25)14-23-8-6-16(7-9-23)10-15-4-2-1-3-5-15/h1-5,11-13,16,24-25H,6-10,14H2. The van der Waals surface area contributed by atoms with E-state index in [0.29, 0.717) is 23.4 Å². The van der Waals surface area contributed by atoms with Crippen LogP contribution in [-0.4, -0.2) is 28.2 Å². The summed E-state index contributed by atoms with van der Waals surface area (Å²) in [6, 6.07) is 14.8. The van der Waals surface area contributed by atoms with E-state index in [0.717, 1.165) is 37.9 Å². The lowest BCUT2D eigenvalue weighted by atomic mass is 9.90. The van der Waals surface area contributed by atoms with E-state index in [-0.39, 0.29) is 11.5 Å². The highest BCUT2D eigenvalue weighted by atomic mass is 16.4. The maximum atomic E-state index is 11.9. The van der Waals surface area contributed by atoms with Gasteiger partial charge >= 0.3 is 5.63 Å². The lowest BCUT2D eigenvalue weighted by molar-refractivity contribution is 0.177. The van der Waals surface area contributed by atoms with Crippen molar-refractivity contribution in [2.75, 3.05) is 13.1 Å². The smallest absolute Gasteiger partial charge is 0.336 e. The van der Waals surface area contributed by atoms with Crippen molar-refractivity contribution in [3.63, 3.8) is 0 Å². The number of hydrogen-bond acceptors (Lipinski definition) is 5. The summed E-state index contributed by atoms with van der Waals surface area (Å²) in [6.45, 7) is 2.58. The second kappa shape index (κ2) is 7.45. The second-order valence-electron chi connectivity index (χ2n) is 7.34. The molecule has 5 heteroatoms. The van der Waals surface area contributed by atoms with Crippen molar-refractivity contribution in [1.82, 2.24) is 4.90 Å². The fourth-order valence-corrected chi connectivity index (χ4v) is 3.92. The molecule has 1 aliphatic heterocycles. The van der Waals surface area contributed by atoms with E-state index in [4.69, 9.17) is 4.42 Å². The zero-order valence-electron chi connectivity index (χ0n) is 15.1. The van der Waals surface area contributed by atoms with Crippen LogP contribution in [0.15, 0.2) is 57.7 Å². The van der Waals surface area contributed by atoms with Gasteiger partial charge in [0.05, 0.1) is 0 Å². The van der Waals surface area contributed by atoms with Gasteiger partial charge in [-0.3, -0.25) is 4.90 Å². The van der Waals surface area contributed by atoms with Crippen molar-refractivity contribution < 1.29 is 14.6 Å². The summed E-state index contributed by atoms with van der Waals surface area (Å²) in [6.07, 6.45) is 3.36. The van der Waals surface area contributed by atoms with Gasteiger partial charge in [0.2, 0.25) is 0 Å². The van der Waals surface area contributed by atoms with E-state index in [2.05, 4.69) is 29.2 Å². The molecule has 1 saturated heterocycles. The van der Waals surface area contributed by atoms with Gasteiger partial charge in [-0.1, -0.05) is 30.3 Å². The number of aromatic hydroxyl groups is 2. The summed E-state index contributed by atoms with van der Waals surface area (Å²) in [7, 11) is 0. The molecule has 3 aromatic rings. The minimum absolute atomic E-state index is 0.209. The Hall–Kier alpha value is -2.79. The molecule has 1 aromatic heterocycles. The molecular formula is C22H23NO4. The first-order valence-electron chi connectivity index (χ1n) is 9.33. The lowest BCUT2D eigenvalue weighted by Gasteiger charge is -2.32. The number of benzene rings is 2. The number of phenolic OH excluding ortho intramolecular Hbond substituents is 2. The first-order valence-corrected chi connectivity index (χ1v) is 9.33. The van der Waals surface area contributed by atoms with Gasteiger partial charge in [-0.05, 0) is 55.5 Å². The van der Waals surface area contributed by atoms with E-state index in [1.165, 1.54) is 23.8 Å². The van der Waals surface area contributed by atoms with Crippen molar-refractivity contribution in [2.45, 2.75) is 25.8 Å². The van der Waals surface area contributed by atoms with Gasteiger partial charge in [0.25, 0.3) is 0 Å². The van der Waals surface area contributed by atoms with E-state index < -0.39 is 5.63 Å². The maximum absolute atomic E-state index is 11.9. The van der Waals surface area contributed by atoms with Gasteiger partial charge in [0, 0.05) is 24.1 Å². The topological polar surface area (TPSA) is 73.9 Å². The highest BCUT2D eigenvalue weighted by Gasteiger charge is 2.21. The zero-order valence-corrected chi connectivity index (χ0v) is 15.1. The molecule has 0 bridgehead atoms. The molecule has 4 rings (SSSR count). The third-order valence-corrected chi connectivity index (χ3v) is 5.39. The Bertz CT molecular complexity index is 988. The van der Waals surface area contributed by atoms with Crippen LogP contribution in [0.3, 0.4) is 0 Å². The fourth-order valence-electron chi connectivity index (χ4n) is 3.92. The molecule has 2 heterocycles. The molecule has 140 valence electrons. The van der Waals surface area contributed by atoms with Crippen LogP contribution >= 0.6 is 0 Å². The molecule has 0 spiro atoms. The Balaban J connectivity index is 1.46. The van der Waals surface area contributed by atoms with Crippen molar-refractivity contribution in [1.29, 1.82) is 0 Å². The van der Waals surface area contributed by atoms with Gasteiger partial charge in [-0.25, -0.2) is 4.79 Å². The molecule has 2 N–H and O–H groups in total. The molecule has 0 saturated carbocycles. The lowest BCUT2D eigenvalue weighted by Crippen LogP contribution is -2.34. The highest BCUT2D eigenvalue weighted by molar-refractivity contribution is 5.83. The summed E-state index contributed by atoms with van der Waals surface area (Å²) < 4.78 is 5.17. The normalized spacial score (nSPS) is 16.0. The minimum atomic E-state index is -0.443. The molecule has 0 aliphatic carbocycles. The molecule has 1 fully saturated rings. The molecule has 1 aliphatic rings. The molecule has 2 aromatic carbocycles. The highest BCUT2D eigenvalue weighted by Crippen LogP contribution is 2.32. The Labute approximate surface area is 157 Å². The van der Waals surface area contributed by atoms with Crippen LogP contribution in [0.4, 0.5) is 0 Å². The van der Waals surface area contributed by atoms with Gasteiger partial charge in [0.15, 0.2) is 11.5 Å². The molecule has 5 nitrogen and oxygen atoms in total.